The van der Waals surface area contributed by atoms with Crippen LogP contribution in [0.1, 0.15) is 25.3 Å². The van der Waals surface area contributed by atoms with Crippen LogP contribution in [-0.4, -0.2) is 41.4 Å². The first-order valence-electron chi connectivity index (χ1n) is 7.35. The lowest BCUT2D eigenvalue weighted by molar-refractivity contribution is 0.593. The van der Waals surface area contributed by atoms with Crippen molar-refractivity contribution in [3.05, 3.63) is 23.8 Å². The molecule has 21 heavy (non-hydrogen) atoms. The number of sulfonamides is 1. The summed E-state index contributed by atoms with van der Waals surface area (Å²) in [5, 5.41) is 3.20. The molecule has 0 atom stereocenters. The highest BCUT2D eigenvalue weighted by atomic mass is 32.2. The molecule has 1 aromatic rings. The van der Waals surface area contributed by atoms with E-state index in [1.54, 1.807) is 6.07 Å². The summed E-state index contributed by atoms with van der Waals surface area (Å²) in [4.78, 5) is 1.97. The first-order chi connectivity index (χ1) is 9.85. The molecule has 1 rings (SSSR count). The van der Waals surface area contributed by atoms with Gasteiger partial charge in [-0.2, -0.15) is 0 Å². The number of benzene rings is 1. The third-order valence-electron chi connectivity index (χ3n) is 3.16. The average molecular weight is 313 g/mol. The number of aryl methyl sites for hydroxylation is 1. The van der Waals surface area contributed by atoms with Gasteiger partial charge in [0, 0.05) is 19.8 Å². The molecule has 0 spiro atoms. The fourth-order valence-corrected chi connectivity index (χ4v) is 3.19. The van der Waals surface area contributed by atoms with E-state index in [1.807, 2.05) is 38.1 Å². The van der Waals surface area contributed by atoms with E-state index >= 15 is 0 Å². The summed E-state index contributed by atoms with van der Waals surface area (Å²) in [5.74, 6) is 0.134. The molecule has 0 saturated heterocycles. The summed E-state index contributed by atoms with van der Waals surface area (Å²) in [7, 11) is 0.603. The predicted octanol–water partition coefficient (Wildman–Crippen LogP) is 2.19. The monoisotopic (exact) mass is 313 g/mol. The summed E-state index contributed by atoms with van der Waals surface area (Å²) in [5.41, 5.74) is 2.75. The van der Waals surface area contributed by atoms with Crippen LogP contribution in [0.5, 0.6) is 0 Å². The Labute approximate surface area is 128 Å². The van der Waals surface area contributed by atoms with Crippen LogP contribution >= 0.6 is 0 Å². The van der Waals surface area contributed by atoms with E-state index in [-0.39, 0.29) is 5.75 Å². The maximum Gasteiger partial charge on any atom is 0.232 e. The first kappa shape index (κ1) is 17.8. The zero-order valence-corrected chi connectivity index (χ0v) is 14.3. The van der Waals surface area contributed by atoms with Crippen LogP contribution in [0.4, 0.5) is 11.4 Å². The zero-order chi connectivity index (χ0) is 15.9. The molecular formula is C15H27N3O2S. The van der Waals surface area contributed by atoms with Crippen LogP contribution in [0.3, 0.4) is 0 Å². The Bertz CT molecular complexity index is 542. The quantitative estimate of drug-likeness (QED) is 0.686. The Morgan fingerprint density at radius 2 is 1.90 bits per heavy atom. The van der Waals surface area contributed by atoms with Gasteiger partial charge in [-0.25, -0.2) is 8.42 Å². The molecule has 0 aromatic heterocycles. The molecule has 120 valence electrons. The highest BCUT2D eigenvalue weighted by Crippen LogP contribution is 2.23. The molecular weight excluding hydrogens is 286 g/mol. The van der Waals surface area contributed by atoms with Crippen LogP contribution in [0.15, 0.2) is 18.2 Å². The molecule has 0 bridgehead atoms. The van der Waals surface area contributed by atoms with Gasteiger partial charge in [0.25, 0.3) is 0 Å². The second kappa shape index (κ2) is 8.24. The molecule has 1 aromatic carbocycles. The number of anilines is 2. The van der Waals surface area contributed by atoms with Gasteiger partial charge in [0.05, 0.1) is 11.4 Å². The zero-order valence-electron chi connectivity index (χ0n) is 13.4. The maximum absolute atomic E-state index is 12.0. The van der Waals surface area contributed by atoms with Gasteiger partial charge in [-0.15, -0.1) is 0 Å². The van der Waals surface area contributed by atoms with E-state index in [2.05, 4.69) is 17.0 Å². The van der Waals surface area contributed by atoms with E-state index in [0.29, 0.717) is 12.1 Å². The third-order valence-corrected chi connectivity index (χ3v) is 4.53. The topological polar surface area (TPSA) is 61.4 Å². The summed E-state index contributed by atoms with van der Waals surface area (Å²) in [6, 6.07) is 5.59. The van der Waals surface area contributed by atoms with Gasteiger partial charge >= 0.3 is 0 Å². The van der Waals surface area contributed by atoms with Crippen LogP contribution in [-0.2, 0) is 10.0 Å². The molecule has 6 heteroatoms. The fourth-order valence-electron chi connectivity index (χ4n) is 2.07. The molecule has 0 fully saturated rings. The molecule has 5 nitrogen and oxygen atoms in total. The van der Waals surface area contributed by atoms with Gasteiger partial charge in [-0.1, -0.05) is 13.0 Å². The van der Waals surface area contributed by atoms with Crippen molar-refractivity contribution in [2.24, 2.45) is 0 Å². The Morgan fingerprint density at radius 1 is 1.19 bits per heavy atom. The van der Waals surface area contributed by atoms with Crippen LogP contribution in [0, 0.1) is 6.92 Å². The number of nitrogens with one attached hydrogen (secondary N) is 2. The second-order valence-corrected chi connectivity index (χ2v) is 7.26. The smallest absolute Gasteiger partial charge is 0.232 e. The Hall–Kier alpha value is -1.27. The lowest BCUT2D eigenvalue weighted by atomic mass is 10.2. The Kier molecular flexibility index (Phi) is 6.98. The number of hydrogen-bond donors (Lipinski definition) is 2. The van der Waals surface area contributed by atoms with Gasteiger partial charge < -0.3 is 10.2 Å². The molecule has 0 amide bonds. The lowest BCUT2D eigenvalue weighted by Crippen LogP contribution is -2.22. The predicted molar refractivity (Wildman–Crippen MR) is 90.7 cm³/mol. The molecule has 0 aliphatic rings. The standard InChI is InChI=1S/C15H27N3O2S/c1-5-9-16-10-6-11-21(19,20)17-14-8-7-13(2)15(12-14)18(3)4/h7-8,12,16-17H,5-6,9-11H2,1-4H3. The van der Waals surface area contributed by atoms with Crippen molar-refractivity contribution in [3.63, 3.8) is 0 Å². The minimum atomic E-state index is -3.29. The SMILES string of the molecule is CCCNCCCS(=O)(=O)Nc1ccc(C)c(N(C)C)c1. The van der Waals surface area contributed by atoms with Crippen LogP contribution in [0.25, 0.3) is 0 Å². The number of nitrogens with zero attached hydrogens (tertiary/aromatic N) is 1. The third kappa shape index (κ3) is 6.35. The van der Waals surface area contributed by atoms with Gasteiger partial charge in [-0.05, 0) is 50.6 Å². The summed E-state index contributed by atoms with van der Waals surface area (Å²) >= 11 is 0. The fraction of sp³-hybridized carbons (Fsp3) is 0.600. The average Bonchev–Trinajstić information content (AvgIpc) is 2.40. The second-order valence-electron chi connectivity index (χ2n) is 5.42. The van der Waals surface area contributed by atoms with E-state index in [0.717, 1.165) is 30.8 Å². The number of rotatable bonds is 9. The lowest BCUT2D eigenvalue weighted by Gasteiger charge is -2.17. The number of hydrogen-bond acceptors (Lipinski definition) is 4. The summed E-state index contributed by atoms with van der Waals surface area (Å²) in [6.07, 6.45) is 1.67. The van der Waals surface area contributed by atoms with E-state index < -0.39 is 10.0 Å². The van der Waals surface area contributed by atoms with Gasteiger partial charge in [-0.3, -0.25) is 4.72 Å². The largest absolute Gasteiger partial charge is 0.377 e. The molecule has 0 saturated carbocycles. The summed E-state index contributed by atoms with van der Waals surface area (Å²) < 4.78 is 26.7. The van der Waals surface area contributed by atoms with Gasteiger partial charge in [0.15, 0.2) is 0 Å². The first-order valence-corrected chi connectivity index (χ1v) is 9.00. The molecule has 2 N–H and O–H groups in total. The molecule has 0 unspecified atom stereocenters. The molecule has 0 aliphatic heterocycles. The van der Waals surface area contributed by atoms with Crippen molar-refractivity contribution in [2.45, 2.75) is 26.7 Å². The Balaban J connectivity index is 2.61. The van der Waals surface area contributed by atoms with Crippen molar-refractivity contribution >= 4 is 21.4 Å². The van der Waals surface area contributed by atoms with E-state index in [4.69, 9.17) is 0 Å². The van der Waals surface area contributed by atoms with Gasteiger partial charge in [0.1, 0.15) is 0 Å². The highest BCUT2D eigenvalue weighted by molar-refractivity contribution is 7.92. The molecule has 0 heterocycles. The normalized spacial score (nSPS) is 11.4. The highest BCUT2D eigenvalue weighted by Gasteiger charge is 2.11. The Morgan fingerprint density at radius 3 is 2.52 bits per heavy atom. The maximum atomic E-state index is 12.0. The van der Waals surface area contributed by atoms with Crippen molar-refractivity contribution < 1.29 is 8.42 Å². The van der Waals surface area contributed by atoms with E-state index in [1.165, 1.54) is 0 Å². The van der Waals surface area contributed by atoms with Crippen molar-refractivity contribution in [1.29, 1.82) is 0 Å². The minimum Gasteiger partial charge on any atom is -0.377 e. The summed E-state index contributed by atoms with van der Waals surface area (Å²) in [6.45, 7) is 5.75. The minimum absolute atomic E-state index is 0.134. The molecule has 0 radical (unpaired) electrons. The van der Waals surface area contributed by atoms with Gasteiger partial charge in [0.2, 0.25) is 10.0 Å². The molecule has 0 aliphatic carbocycles. The van der Waals surface area contributed by atoms with Crippen LogP contribution < -0.4 is 14.9 Å². The van der Waals surface area contributed by atoms with E-state index in [9.17, 15) is 8.42 Å². The van der Waals surface area contributed by atoms with Crippen molar-refractivity contribution in [1.82, 2.24) is 5.32 Å². The van der Waals surface area contributed by atoms with Crippen LogP contribution in [0.2, 0.25) is 0 Å². The van der Waals surface area contributed by atoms with Crippen molar-refractivity contribution in [2.75, 3.05) is 42.6 Å². The van der Waals surface area contributed by atoms with Crippen molar-refractivity contribution in [3.8, 4) is 0 Å².